The van der Waals surface area contributed by atoms with Gasteiger partial charge in [-0.1, -0.05) is 18.2 Å². The maximum Gasteiger partial charge on any atom is 0.159 e. The van der Waals surface area contributed by atoms with Gasteiger partial charge in [-0.25, -0.2) is 8.78 Å². The second-order valence-corrected chi connectivity index (χ2v) is 6.20. The van der Waals surface area contributed by atoms with Crippen molar-refractivity contribution < 1.29 is 8.78 Å². The second kappa shape index (κ2) is 7.53. The average molecular weight is 329 g/mol. The van der Waals surface area contributed by atoms with E-state index in [1.54, 1.807) is 6.07 Å². The minimum absolute atomic E-state index is 0.213. The molecule has 0 aliphatic heterocycles. The molecule has 0 fully saturated rings. The molecular weight excluding hydrogens is 308 g/mol. The number of hydrogen-bond donors (Lipinski definition) is 2. The predicted octanol–water partition coefficient (Wildman–Crippen LogP) is 3.99. The van der Waals surface area contributed by atoms with Gasteiger partial charge in [-0.2, -0.15) is 5.10 Å². The highest BCUT2D eigenvalue weighted by Gasteiger charge is 2.07. The van der Waals surface area contributed by atoms with Gasteiger partial charge in [0.25, 0.3) is 0 Å². The van der Waals surface area contributed by atoms with E-state index in [-0.39, 0.29) is 6.04 Å². The lowest BCUT2D eigenvalue weighted by atomic mass is 10.1. The average Bonchev–Trinajstić information content (AvgIpc) is 3.03. The van der Waals surface area contributed by atoms with E-state index in [9.17, 15) is 8.78 Å². The fourth-order valence-electron chi connectivity index (χ4n) is 2.87. The quantitative estimate of drug-likeness (QED) is 0.643. The molecule has 3 rings (SSSR count). The SMILES string of the molecule is CC(Cc1ccc(F)c(F)c1)NCCCc1ccc2cn[nH]c2c1. The molecule has 1 atom stereocenters. The lowest BCUT2D eigenvalue weighted by molar-refractivity contribution is 0.501. The summed E-state index contributed by atoms with van der Waals surface area (Å²) < 4.78 is 26.1. The molecule has 0 spiro atoms. The Morgan fingerprint density at radius 2 is 1.92 bits per heavy atom. The maximum absolute atomic E-state index is 13.2. The van der Waals surface area contributed by atoms with Crippen molar-refractivity contribution in [2.24, 2.45) is 0 Å². The Balaban J connectivity index is 1.43. The predicted molar refractivity (Wildman–Crippen MR) is 91.9 cm³/mol. The van der Waals surface area contributed by atoms with Crippen LogP contribution in [0.5, 0.6) is 0 Å². The Bertz CT molecular complexity index is 813. The number of nitrogens with zero attached hydrogens (tertiary/aromatic N) is 1. The van der Waals surface area contributed by atoms with Crippen molar-refractivity contribution in [2.45, 2.75) is 32.2 Å². The van der Waals surface area contributed by atoms with E-state index in [0.717, 1.165) is 35.9 Å². The highest BCUT2D eigenvalue weighted by atomic mass is 19.2. The molecule has 0 aliphatic carbocycles. The highest BCUT2D eigenvalue weighted by molar-refractivity contribution is 5.78. The van der Waals surface area contributed by atoms with Crippen LogP contribution in [-0.4, -0.2) is 22.8 Å². The fraction of sp³-hybridized carbons (Fsp3) is 0.316. The zero-order chi connectivity index (χ0) is 16.9. The van der Waals surface area contributed by atoms with Crippen molar-refractivity contribution in [3.05, 3.63) is 65.4 Å². The number of aromatic amines is 1. The molecule has 0 saturated heterocycles. The van der Waals surface area contributed by atoms with E-state index >= 15 is 0 Å². The normalized spacial score (nSPS) is 12.6. The zero-order valence-corrected chi connectivity index (χ0v) is 13.7. The van der Waals surface area contributed by atoms with Crippen LogP contribution in [0.3, 0.4) is 0 Å². The van der Waals surface area contributed by atoms with E-state index in [2.05, 4.69) is 40.6 Å². The van der Waals surface area contributed by atoms with Crippen molar-refractivity contribution >= 4 is 10.9 Å². The Hall–Kier alpha value is -2.27. The monoisotopic (exact) mass is 329 g/mol. The van der Waals surface area contributed by atoms with Crippen molar-refractivity contribution in [3.8, 4) is 0 Å². The number of halogens is 2. The first-order valence-electron chi connectivity index (χ1n) is 8.21. The summed E-state index contributed by atoms with van der Waals surface area (Å²) in [7, 11) is 0. The molecule has 3 aromatic rings. The number of fused-ring (bicyclic) bond motifs is 1. The first-order valence-corrected chi connectivity index (χ1v) is 8.21. The van der Waals surface area contributed by atoms with Crippen LogP contribution in [0.4, 0.5) is 8.78 Å². The van der Waals surface area contributed by atoms with Crippen molar-refractivity contribution in [1.29, 1.82) is 0 Å². The van der Waals surface area contributed by atoms with Gasteiger partial charge in [-0.15, -0.1) is 0 Å². The number of aromatic nitrogens is 2. The molecule has 1 heterocycles. The summed E-state index contributed by atoms with van der Waals surface area (Å²) in [6, 6.07) is 10.6. The first kappa shape index (κ1) is 16.6. The number of nitrogens with one attached hydrogen (secondary N) is 2. The largest absolute Gasteiger partial charge is 0.314 e. The molecule has 24 heavy (non-hydrogen) atoms. The molecule has 3 nitrogen and oxygen atoms in total. The van der Waals surface area contributed by atoms with Crippen LogP contribution in [0, 0.1) is 11.6 Å². The van der Waals surface area contributed by atoms with Gasteiger partial charge in [0.2, 0.25) is 0 Å². The van der Waals surface area contributed by atoms with E-state index in [1.165, 1.54) is 17.7 Å². The summed E-state index contributed by atoms with van der Waals surface area (Å²) in [4.78, 5) is 0. The van der Waals surface area contributed by atoms with Crippen LogP contribution < -0.4 is 5.32 Å². The van der Waals surface area contributed by atoms with E-state index in [1.807, 2.05) is 6.20 Å². The third-order valence-corrected chi connectivity index (χ3v) is 4.17. The van der Waals surface area contributed by atoms with Crippen molar-refractivity contribution in [1.82, 2.24) is 15.5 Å². The molecule has 2 N–H and O–H groups in total. The summed E-state index contributed by atoms with van der Waals surface area (Å²) in [5, 5.41) is 11.6. The lowest BCUT2D eigenvalue weighted by Gasteiger charge is -2.14. The molecule has 0 radical (unpaired) electrons. The van der Waals surface area contributed by atoms with Gasteiger partial charge in [0.1, 0.15) is 0 Å². The van der Waals surface area contributed by atoms with Crippen LogP contribution in [0.1, 0.15) is 24.5 Å². The van der Waals surface area contributed by atoms with Crippen LogP contribution in [0.25, 0.3) is 10.9 Å². The van der Waals surface area contributed by atoms with Crippen LogP contribution in [0.15, 0.2) is 42.6 Å². The molecule has 0 saturated carbocycles. The number of rotatable bonds is 7. The van der Waals surface area contributed by atoms with Gasteiger partial charge in [0, 0.05) is 11.4 Å². The smallest absolute Gasteiger partial charge is 0.159 e. The maximum atomic E-state index is 13.2. The van der Waals surface area contributed by atoms with Crippen LogP contribution in [-0.2, 0) is 12.8 Å². The summed E-state index contributed by atoms with van der Waals surface area (Å²) >= 11 is 0. The molecule has 0 amide bonds. The number of benzene rings is 2. The Kier molecular flexibility index (Phi) is 5.20. The van der Waals surface area contributed by atoms with Gasteiger partial charge in [0.05, 0.1) is 11.7 Å². The minimum atomic E-state index is -0.798. The van der Waals surface area contributed by atoms with Gasteiger partial charge in [-0.05, 0) is 62.1 Å². The molecule has 0 aliphatic rings. The molecule has 2 aromatic carbocycles. The van der Waals surface area contributed by atoms with Gasteiger partial charge in [0.15, 0.2) is 11.6 Å². The van der Waals surface area contributed by atoms with Crippen molar-refractivity contribution in [3.63, 3.8) is 0 Å². The van der Waals surface area contributed by atoms with Crippen LogP contribution >= 0.6 is 0 Å². The summed E-state index contributed by atoms with van der Waals surface area (Å²) in [5.41, 5.74) is 3.15. The third kappa shape index (κ3) is 4.17. The number of hydrogen-bond acceptors (Lipinski definition) is 2. The van der Waals surface area contributed by atoms with Gasteiger partial charge >= 0.3 is 0 Å². The molecule has 1 unspecified atom stereocenters. The van der Waals surface area contributed by atoms with Gasteiger partial charge < -0.3 is 5.32 Å². The summed E-state index contributed by atoms with van der Waals surface area (Å²) in [5.74, 6) is -1.58. The highest BCUT2D eigenvalue weighted by Crippen LogP contribution is 2.14. The summed E-state index contributed by atoms with van der Waals surface area (Å²) in [6.45, 7) is 2.93. The topological polar surface area (TPSA) is 40.7 Å². The van der Waals surface area contributed by atoms with Gasteiger partial charge in [-0.3, -0.25) is 5.10 Å². The molecule has 0 bridgehead atoms. The molecule has 126 valence electrons. The lowest BCUT2D eigenvalue weighted by Crippen LogP contribution is -2.29. The molecular formula is C19H21F2N3. The molecule has 5 heteroatoms. The second-order valence-electron chi connectivity index (χ2n) is 6.20. The Morgan fingerprint density at radius 1 is 1.08 bits per heavy atom. The van der Waals surface area contributed by atoms with Crippen molar-refractivity contribution in [2.75, 3.05) is 6.54 Å². The summed E-state index contributed by atoms with van der Waals surface area (Å²) in [6.07, 6.45) is 4.50. The Morgan fingerprint density at radius 3 is 2.75 bits per heavy atom. The van der Waals surface area contributed by atoms with E-state index in [4.69, 9.17) is 0 Å². The Labute approximate surface area is 140 Å². The number of aryl methyl sites for hydroxylation is 1. The van der Waals surface area contributed by atoms with E-state index < -0.39 is 11.6 Å². The minimum Gasteiger partial charge on any atom is -0.314 e. The third-order valence-electron chi connectivity index (χ3n) is 4.17. The fourth-order valence-corrected chi connectivity index (χ4v) is 2.87. The first-order chi connectivity index (χ1) is 11.6. The number of H-pyrrole nitrogens is 1. The zero-order valence-electron chi connectivity index (χ0n) is 13.7. The van der Waals surface area contributed by atoms with Crippen LogP contribution in [0.2, 0.25) is 0 Å². The standard InChI is InChI=1S/C19H21F2N3/c1-13(9-15-5-7-17(20)18(21)10-15)22-8-2-3-14-4-6-16-12-23-24-19(16)11-14/h4-7,10-13,22H,2-3,8-9H2,1H3,(H,23,24). The van der Waals surface area contributed by atoms with E-state index in [0.29, 0.717) is 6.42 Å². The molecule has 1 aromatic heterocycles.